The Morgan fingerprint density at radius 2 is 2.22 bits per heavy atom. The predicted octanol–water partition coefficient (Wildman–Crippen LogP) is 2.22. The van der Waals surface area contributed by atoms with E-state index in [2.05, 4.69) is 37.6 Å². The van der Waals surface area contributed by atoms with Crippen LogP contribution < -0.4 is 10.6 Å². The van der Waals surface area contributed by atoms with Gasteiger partial charge in [0.25, 0.3) is 0 Å². The zero-order valence-electron chi connectivity index (χ0n) is 9.92. The molecule has 2 heterocycles. The van der Waals surface area contributed by atoms with Gasteiger partial charge in [0.2, 0.25) is 0 Å². The second kappa shape index (κ2) is 8.09. The molecule has 0 amide bonds. The molecule has 0 fully saturated rings. The smallest absolute Gasteiger partial charge is 0.191 e. The molecular weight excluding hydrogens is 363 g/mol. The summed E-state index contributed by atoms with van der Waals surface area (Å²) in [5.74, 6) is 0.749. The van der Waals surface area contributed by atoms with Crippen LogP contribution in [0.15, 0.2) is 38.7 Å². The van der Waals surface area contributed by atoms with Crippen LogP contribution in [0.2, 0.25) is 0 Å². The van der Waals surface area contributed by atoms with Crippen molar-refractivity contribution in [3.63, 3.8) is 0 Å². The van der Waals surface area contributed by atoms with Gasteiger partial charge in [-0.2, -0.15) is 11.3 Å². The summed E-state index contributed by atoms with van der Waals surface area (Å²) in [6.07, 6.45) is 1.55. The van der Waals surface area contributed by atoms with Gasteiger partial charge in [-0.3, -0.25) is 4.99 Å². The third-order valence-electron chi connectivity index (χ3n) is 2.19. The molecule has 0 saturated heterocycles. The average molecular weight is 378 g/mol. The SMILES string of the molecule is CN=C(NCc1ccsc1)NCc1ccon1.I. The van der Waals surface area contributed by atoms with Gasteiger partial charge in [-0.15, -0.1) is 24.0 Å². The van der Waals surface area contributed by atoms with Crippen LogP contribution in [0.5, 0.6) is 0 Å². The summed E-state index contributed by atoms with van der Waals surface area (Å²) < 4.78 is 4.75. The van der Waals surface area contributed by atoms with E-state index in [-0.39, 0.29) is 24.0 Å². The zero-order chi connectivity index (χ0) is 11.9. The standard InChI is InChI=1S/C11H14N4OS.HI/c1-12-11(13-6-9-3-5-17-8-9)14-7-10-2-4-16-15-10;/h2-5,8H,6-7H2,1H3,(H2,12,13,14);1H. The van der Waals surface area contributed by atoms with Crippen molar-refractivity contribution in [3.05, 3.63) is 40.4 Å². The number of halogens is 1. The van der Waals surface area contributed by atoms with Crippen LogP contribution in [-0.2, 0) is 13.1 Å². The maximum atomic E-state index is 4.75. The van der Waals surface area contributed by atoms with Crippen LogP contribution in [0.4, 0.5) is 0 Å². The fourth-order valence-corrected chi connectivity index (χ4v) is 1.97. The van der Waals surface area contributed by atoms with Crippen LogP contribution >= 0.6 is 35.3 Å². The second-order valence-corrected chi connectivity index (χ2v) is 4.18. The molecule has 0 atom stereocenters. The van der Waals surface area contributed by atoms with Gasteiger partial charge in [-0.25, -0.2) is 0 Å². The largest absolute Gasteiger partial charge is 0.364 e. The Morgan fingerprint density at radius 1 is 1.39 bits per heavy atom. The summed E-state index contributed by atoms with van der Waals surface area (Å²) in [6, 6.07) is 3.90. The third-order valence-corrected chi connectivity index (χ3v) is 2.92. The van der Waals surface area contributed by atoms with Crippen molar-refractivity contribution < 1.29 is 4.52 Å². The molecule has 2 aromatic heterocycles. The van der Waals surface area contributed by atoms with E-state index in [4.69, 9.17) is 4.52 Å². The van der Waals surface area contributed by atoms with E-state index in [1.54, 1.807) is 24.6 Å². The molecule has 0 saturated carbocycles. The Labute approximate surface area is 127 Å². The van der Waals surface area contributed by atoms with E-state index < -0.39 is 0 Å². The summed E-state index contributed by atoms with van der Waals surface area (Å²) in [5.41, 5.74) is 2.10. The van der Waals surface area contributed by atoms with Gasteiger partial charge < -0.3 is 15.2 Å². The van der Waals surface area contributed by atoms with E-state index in [9.17, 15) is 0 Å². The van der Waals surface area contributed by atoms with Gasteiger partial charge in [-0.1, -0.05) is 5.16 Å². The van der Waals surface area contributed by atoms with Gasteiger partial charge >= 0.3 is 0 Å². The topological polar surface area (TPSA) is 62.5 Å². The molecule has 2 rings (SSSR count). The number of nitrogens with zero attached hydrogens (tertiary/aromatic N) is 2. The van der Waals surface area contributed by atoms with E-state index in [1.165, 1.54) is 5.56 Å². The first-order chi connectivity index (χ1) is 8.38. The Balaban J connectivity index is 0.00000162. The van der Waals surface area contributed by atoms with Crippen molar-refractivity contribution in [2.75, 3.05) is 7.05 Å². The van der Waals surface area contributed by atoms with Crippen LogP contribution in [0.1, 0.15) is 11.3 Å². The quantitative estimate of drug-likeness (QED) is 0.487. The lowest BCUT2D eigenvalue weighted by Gasteiger charge is -2.09. The Hall–Kier alpha value is -1.09. The number of rotatable bonds is 4. The Kier molecular flexibility index (Phi) is 6.73. The molecule has 0 aliphatic carbocycles. The molecule has 0 aliphatic rings. The van der Waals surface area contributed by atoms with Gasteiger partial charge in [-0.05, 0) is 22.4 Å². The van der Waals surface area contributed by atoms with Gasteiger partial charge in [0.05, 0.1) is 6.54 Å². The van der Waals surface area contributed by atoms with E-state index >= 15 is 0 Å². The number of hydrogen-bond acceptors (Lipinski definition) is 4. The van der Waals surface area contributed by atoms with Crippen molar-refractivity contribution >= 4 is 41.3 Å². The maximum Gasteiger partial charge on any atom is 0.191 e. The first-order valence-corrected chi connectivity index (χ1v) is 6.17. The third kappa shape index (κ3) is 4.65. The van der Waals surface area contributed by atoms with E-state index in [1.807, 2.05) is 6.07 Å². The van der Waals surface area contributed by atoms with Crippen molar-refractivity contribution in [2.24, 2.45) is 4.99 Å². The summed E-state index contributed by atoms with van der Waals surface area (Å²) in [4.78, 5) is 4.13. The number of thiophene rings is 1. The number of aliphatic imine (C=N–C) groups is 1. The average Bonchev–Trinajstić information content (AvgIpc) is 3.02. The lowest BCUT2D eigenvalue weighted by molar-refractivity contribution is 0.410. The minimum atomic E-state index is 0. The highest BCUT2D eigenvalue weighted by Crippen LogP contribution is 2.04. The van der Waals surface area contributed by atoms with Crippen LogP contribution in [0.25, 0.3) is 0 Å². The fourth-order valence-electron chi connectivity index (χ4n) is 1.30. The van der Waals surface area contributed by atoms with Crippen molar-refractivity contribution in [3.8, 4) is 0 Å². The molecule has 18 heavy (non-hydrogen) atoms. The molecule has 5 nitrogen and oxygen atoms in total. The first kappa shape index (κ1) is 15.0. The molecule has 0 radical (unpaired) electrons. The van der Waals surface area contributed by atoms with Crippen LogP contribution in [0.3, 0.4) is 0 Å². The van der Waals surface area contributed by atoms with Crippen LogP contribution in [0, 0.1) is 0 Å². The van der Waals surface area contributed by atoms with Crippen molar-refractivity contribution in [2.45, 2.75) is 13.1 Å². The summed E-state index contributed by atoms with van der Waals surface area (Å²) in [6.45, 7) is 1.36. The van der Waals surface area contributed by atoms with Crippen molar-refractivity contribution in [1.29, 1.82) is 0 Å². The monoisotopic (exact) mass is 378 g/mol. The van der Waals surface area contributed by atoms with Gasteiger partial charge in [0, 0.05) is 19.7 Å². The molecule has 0 aromatic carbocycles. The minimum absolute atomic E-state index is 0. The summed E-state index contributed by atoms with van der Waals surface area (Å²) >= 11 is 1.69. The van der Waals surface area contributed by atoms with E-state index in [0.717, 1.165) is 18.2 Å². The normalized spacial score (nSPS) is 10.8. The molecule has 7 heteroatoms. The zero-order valence-corrected chi connectivity index (χ0v) is 13.1. The van der Waals surface area contributed by atoms with E-state index in [0.29, 0.717) is 6.54 Å². The maximum absolute atomic E-state index is 4.75. The molecule has 2 N–H and O–H groups in total. The number of guanidine groups is 1. The van der Waals surface area contributed by atoms with Crippen LogP contribution in [-0.4, -0.2) is 18.2 Å². The molecule has 2 aromatic rings. The molecule has 0 spiro atoms. The van der Waals surface area contributed by atoms with Gasteiger partial charge in [0.1, 0.15) is 12.0 Å². The molecular formula is C11H15IN4OS. The second-order valence-electron chi connectivity index (χ2n) is 3.40. The lowest BCUT2D eigenvalue weighted by Crippen LogP contribution is -2.36. The highest BCUT2D eigenvalue weighted by molar-refractivity contribution is 14.0. The highest BCUT2D eigenvalue weighted by atomic mass is 127. The predicted molar refractivity (Wildman–Crippen MR) is 83.3 cm³/mol. The Morgan fingerprint density at radius 3 is 2.83 bits per heavy atom. The first-order valence-electron chi connectivity index (χ1n) is 5.23. The molecule has 0 aliphatic heterocycles. The summed E-state index contributed by atoms with van der Waals surface area (Å²) in [7, 11) is 1.74. The fraction of sp³-hybridized carbons (Fsp3) is 0.273. The highest BCUT2D eigenvalue weighted by Gasteiger charge is 2.00. The lowest BCUT2D eigenvalue weighted by atomic mass is 10.3. The van der Waals surface area contributed by atoms with Crippen molar-refractivity contribution in [1.82, 2.24) is 15.8 Å². The molecule has 0 bridgehead atoms. The number of aromatic nitrogens is 1. The molecule has 98 valence electrons. The summed E-state index contributed by atoms with van der Waals surface area (Å²) in [5, 5.41) is 14.4. The van der Waals surface area contributed by atoms with Gasteiger partial charge in [0.15, 0.2) is 5.96 Å². The number of hydrogen-bond donors (Lipinski definition) is 2. The number of nitrogens with one attached hydrogen (secondary N) is 2. The molecule has 0 unspecified atom stereocenters. The minimum Gasteiger partial charge on any atom is -0.364 e. The Bertz CT molecular complexity index is 415.